The Morgan fingerprint density at radius 3 is 0.800 bits per heavy atom. The van der Waals surface area contributed by atoms with Gasteiger partial charge in [-0.3, -0.25) is 0 Å². The zero-order chi connectivity index (χ0) is 30.5. The minimum Gasteiger partial charge on any atom is -0.854 e. The van der Waals surface area contributed by atoms with E-state index in [-0.39, 0.29) is 39.6 Å². The summed E-state index contributed by atoms with van der Waals surface area (Å²) in [6.45, 7) is 0.432. The Bertz CT molecular complexity index is 917. The fourth-order valence-electron chi connectivity index (χ4n) is 2.30. The number of halogens is 6. The van der Waals surface area contributed by atoms with Crippen molar-refractivity contribution in [3.05, 3.63) is 84.7 Å². The number of hydrogen-bond acceptors (Lipinski definition) is 9. The molecule has 224 valence electrons. The van der Waals surface area contributed by atoms with Crippen LogP contribution in [0.1, 0.15) is 0 Å². The monoisotopic (exact) mass is 697 g/mol. The van der Waals surface area contributed by atoms with Gasteiger partial charge in [0.05, 0.1) is 50.0 Å². The lowest BCUT2D eigenvalue weighted by molar-refractivity contribution is -0.407. The summed E-state index contributed by atoms with van der Waals surface area (Å²) < 4.78 is 15.3. The summed E-state index contributed by atoms with van der Waals surface area (Å²) in [6, 6.07) is 15.3. The van der Waals surface area contributed by atoms with Crippen molar-refractivity contribution < 1.29 is 44.2 Å². The second-order valence-corrected chi connectivity index (χ2v) is 9.48. The first-order valence-corrected chi connectivity index (χ1v) is 14.2. The van der Waals surface area contributed by atoms with Crippen molar-refractivity contribution >= 4 is 78.2 Å². The Labute approximate surface area is 262 Å². The second kappa shape index (κ2) is 23.5. The third-order valence-corrected chi connectivity index (χ3v) is 5.56. The maximum Gasteiger partial charge on any atom is 0.156 e. The third kappa shape index (κ3) is 17.1. The zero-order valence-corrected chi connectivity index (χ0v) is 25.9. The Hall–Kier alpha value is -1.01. The van der Waals surface area contributed by atoms with Crippen LogP contribution in [0.4, 0.5) is 0 Å². The SMILES string of the molecule is OCCOc1c(Cl)cccc1Cl.OCCOc1c(Cl)cccc1Cl.OCCOc1c(Cl)cccc1Cl.[O-]P([O-])[O-]. The first-order chi connectivity index (χ1) is 19.0. The van der Waals surface area contributed by atoms with Crippen LogP contribution in [0, 0.1) is 0 Å². The van der Waals surface area contributed by atoms with Gasteiger partial charge < -0.3 is 52.8 Å². The minimum absolute atomic E-state index is 0.0540. The lowest BCUT2D eigenvalue weighted by Crippen LogP contribution is -2.18. The summed E-state index contributed by atoms with van der Waals surface area (Å²) in [6.07, 6.45) is 0. The van der Waals surface area contributed by atoms with Gasteiger partial charge in [0.25, 0.3) is 0 Å². The second-order valence-electron chi connectivity index (χ2n) is 6.59. The molecular weight excluding hydrogens is 676 g/mol. The molecule has 0 aromatic heterocycles. The van der Waals surface area contributed by atoms with E-state index >= 15 is 0 Å². The van der Waals surface area contributed by atoms with Gasteiger partial charge >= 0.3 is 0 Å². The van der Waals surface area contributed by atoms with E-state index in [9.17, 15) is 0 Å². The molecule has 0 bridgehead atoms. The quantitative estimate of drug-likeness (QED) is 0.276. The van der Waals surface area contributed by atoms with Crippen LogP contribution in [0.25, 0.3) is 0 Å². The van der Waals surface area contributed by atoms with E-state index in [0.29, 0.717) is 47.4 Å². The van der Waals surface area contributed by atoms with Crippen molar-refractivity contribution in [2.24, 2.45) is 0 Å². The Morgan fingerprint density at radius 2 is 0.650 bits per heavy atom. The molecule has 16 heteroatoms. The maximum atomic E-state index is 8.50. The van der Waals surface area contributed by atoms with Crippen LogP contribution in [-0.4, -0.2) is 55.0 Å². The molecule has 0 saturated heterocycles. The van der Waals surface area contributed by atoms with Gasteiger partial charge in [0.15, 0.2) is 17.2 Å². The molecule has 0 heterocycles. The summed E-state index contributed by atoms with van der Waals surface area (Å²) in [4.78, 5) is 25.4. The Kier molecular flexibility index (Phi) is 22.9. The van der Waals surface area contributed by atoms with Gasteiger partial charge in [-0.1, -0.05) is 87.8 Å². The van der Waals surface area contributed by atoms with Crippen LogP contribution in [0.5, 0.6) is 17.2 Å². The molecule has 0 unspecified atom stereocenters. The standard InChI is InChI=1S/3C8H8Cl2O2.O3P/c3*9-6-2-1-3-7(10)8(6)12-5-4-11;1-4(2)3/h3*1-3,11H,4-5H2;/q;;;-3. The highest BCUT2D eigenvalue weighted by molar-refractivity contribution is 7.33. The summed E-state index contributed by atoms with van der Waals surface area (Å²) in [7, 11) is -3.37. The highest BCUT2D eigenvalue weighted by atomic mass is 35.5. The molecule has 3 aromatic carbocycles. The van der Waals surface area contributed by atoms with Crippen LogP contribution >= 0.6 is 78.2 Å². The van der Waals surface area contributed by atoms with E-state index in [1.807, 2.05) is 0 Å². The Morgan fingerprint density at radius 1 is 0.475 bits per heavy atom. The van der Waals surface area contributed by atoms with Crippen molar-refractivity contribution in [3.63, 3.8) is 0 Å². The van der Waals surface area contributed by atoms with Crippen LogP contribution in [0.15, 0.2) is 54.6 Å². The van der Waals surface area contributed by atoms with E-state index in [1.165, 1.54) is 0 Å². The first-order valence-electron chi connectivity index (χ1n) is 10.8. The van der Waals surface area contributed by atoms with Crippen molar-refractivity contribution in [1.82, 2.24) is 0 Å². The molecule has 0 saturated carbocycles. The molecule has 0 aliphatic rings. The summed E-state index contributed by atoms with van der Waals surface area (Å²) in [5.74, 6) is 1.28. The number of para-hydroxylation sites is 3. The van der Waals surface area contributed by atoms with Gasteiger partial charge in [-0.25, -0.2) is 0 Å². The number of rotatable bonds is 9. The van der Waals surface area contributed by atoms with Crippen LogP contribution in [0.3, 0.4) is 0 Å². The van der Waals surface area contributed by atoms with Crippen molar-refractivity contribution in [2.45, 2.75) is 0 Å². The van der Waals surface area contributed by atoms with Gasteiger partial charge in [0, 0.05) is 0 Å². The molecule has 3 N–H and O–H groups in total. The molecule has 0 radical (unpaired) electrons. The lowest BCUT2D eigenvalue weighted by atomic mass is 10.3. The van der Waals surface area contributed by atoms with Crippen molar-refractivity contribution in [2.75, 3.05) is 39.6 Å². The fraction of sp³-hybridized carbons (Fsp3) is 0.250. The fourth-order valence-corrected chi connectivity index (χ4v) is 3.82. The highest BCUT2D eigenvalue weighted by Gasteiger charge is 2.06. The predicted molar refractivity (Wildman–Crippen MR) is 154 cm³/mol. The largest absolute Gasteiger partial charge is 0.854 e. The summed E-state index contributed by atoms with van der Waals surface area (Å²) in [5, 5.41) is 28.2. The van der Waals surface area contributed by atoms with Crippen molar-refractivity contribution in [1.29, 1.82) is 0 Å². The van der Waals surface area contributed by atoms with Gasteiger partial charge in [0.1, 0.15) is 19.8 Å². The molecule has 3 rings (SSSR count). The number of ether oxygens (including phenoxy) is 3. The van der Waals surface area contributed by atoms with E-state index in [0.717, 1.165) is 0 Å². The summed E-state index contributed by atoms with van der Waals surface area (Å²) in [5.41, 5.74) is 0. The Balaban J connectivity index is 0.000000534. The molecule has 0 amide bonds. The average molecular weight is 700 g/mol. The van der Waals surface area contributed by atoms with E-state index in [2.05, 4.69) is 0 Å². The maximum absolute atomic E-state index is 8.50. The minimum atomic E-state index is -3.37. The van der Waals surface area contributed by atoms with Crippen LogP contribution in [-0.2, 0) is 0 Å². The molecule has 3 aromatic rings. The predicted octanol–water partition coefficient (Wildman–Crippen LogP) is 4.39. The molecule has 9 nitrogen and oxygen atoms in total. The van der Waals surface area contributed by atoms with Crippen LogP contribution < -0.4 is 28.9 Å². The topological polar surface area (TPSA) is 158 Å². The van der Waals surface area contributed by atoms with Gasteiger partial charge in [-0.2, -0.15) is 0 Å². The van der Waals surface area contributed by atoms with Gasteiger partial charge in [-0.15, -0.1) is 0 Å². The van der Waals surface area contributed by atoms with E-state index in [4.69, 9.17) is 114 Å². The molecule has 0 atom stereocenters. The zero-order valence-electron chi connectivity index (χ0n) is 20.4. The third-order valence-electron chi connectivity index (χ3n) is 3.77. The molecular formula is C24H24Cl6O9P-3. The molecule has 0 spiro atoms. The molecule has 0 aliphatic heterocycles. The number of aliphatic hydroxyl groups is 3. The van der Waals surface area contributed by atoms with Crippen molar-refractivity contribution in [3.8, 4) is 17.2 Å². The van der Waals surface area contributed by atoms with E-state index in [1.54, 1.807) is 54.6 Å². The first kappa shape index (κ1) is 39.0. The van der Waals surface area contributed by atoms with Crippen LogP contribution in [0.2, 0.25) is 30.1 Å². The highest BCUT2D eigenvalue weighted by Crippen LogP contribution is 2.33. The average Bonchev–Trinajstić information content (AvgIpc) is 2.89. The molecule has 40 heavy (non-hydrogen) atoms. The van der Waals surface area contributed by atoms with Gasteiger partial charge in [0.2, 0.25) is 0 Å². The lowest BCUT2D eigenvalue weighted by Gasteiger charge is -2.39. The number of benzene rings is 3. The number of aliphatic hydroxyl groups excluding tert-OH is 3. The normalized spacial score (nSPS) is 9.82. The summed E-state index contributed by atoms with van der Waals surface area (Å²) >= 11 is 34.6. The van der Waals surface area contributed by atoms with E-state index < -0.39 is 8.60 Å². The smallest absolute Gasteiger partial charge is 0.156 e. The van der Waals surface area contributed by atoms with Gasteiger partial charge in [-0.05, 0) is 36.4 Å². The number of hydrogen-bond donors (Lipinski definition) is 3. The molecule has 0 fully saturated rings. The molecule has 0 aliphatic carbocycles.